The Morgan fingerprint density at radius 1 is 1.08 bits per heavy atom. The molecule has 0 amide bonds. The Balaban J connectivity index is 1.80. The quantitative estimate of drug-likeness (QED) is 0.702. The predicted molar refractivity (Wildman–Crippen MR) is 98.7 cm³/mol. The normalized spacial score (nSPS) is 20.2. The summed E-state index contributed by atoms with van der Waals surface area (Å²) in [5, 5.41) is 6.05. The molecule has 0 bridgehead atoms. The zero-order valence-corrected chi connectivity index (χ0v) is 14.2. The molecule has 2 aromatic heterocycles. The summed E-state index contributed by atoms with van der Waals surface area (Å²) in [7, 11) is 0. The second-order valence-electron chi connectivity index (χ2n) is 5.49. The lowest BCUT2D eigenvalue weighted by atomic mass is 10.0. The van der Waals surface area contributed by atoms with Crippen LogP contribution >= 0.6 is 23.6 Å². The topological polar surface area (TPSA) is 28.2 Å². The highest BCUT2D eigenvalue weighted by atomic mass is 32.1. The first-order valence-electron chi connectivity index (χ1n) is 7.53. The van der Waals surface area contributed by atoms with Gasteiger partial charge in [-0.2, -0.15) is 0 Å². The minimum Gasteiger partial charge on any atom is -0.351 e. The highest BCUT2D eigenvalue weighted by Gasteiger charge is 2.41. The van der Waals surface area contributed by atoms with E-state index in [1.54, 1.807) is 29.7 Å². The van der Waals surface area contributed by atoms with Crippen molar-refractivity contribution in [2.75, 3.05) is 4.90 Å². The predicted octanol–water partition coefficient (Wildman–Crippen LogP) is 4.46. The van der Waals surface area contributed by atoms with Gasteiger partial charge >= 0.3 is 0 Å². The summed E-state index contributed by atoms with van der Waals surface area (Å²) < 4.78 is 13.3. The van der Waals surface area contributed by atoms with Crippen molar-refractivity contribution in [2.45, 2.75) is 12.1 Å². The molecule has 0 spiro atoms. The van der Waals surface area contributed by atoms with Crippen molar-refractivity contribution < 1.29 is 4.39 Å². The molecule has 1 aromatic carbocycles. The number of halogens is 1. The second kappa shape index (κ2) is 6.30. The van der Waals surface area contributed by atoms with Gasteiger partial charge in [0.05, 0.1) is 17.8 Å². The van der Waals surface area contributed by atoms with E-state index in [0.29, 0.717) is 5.11 Å². The van der Waals surface area contributed by atoms with Gasteiger partial charge in [0, 0.05) is 16.8 Å². The Labute approximate surface area is 148 Å². The third kappa shape index (κ3) is 2.68. The van der Waals surface area contributed by atoms with Crippen molar-refractivity contribution in [2.24, 2.45) is 0 Å². The first-order valence-corrected chi connectivity index (χ1v) is 8.82. The molecule has 1 aliphatic heterocycles. The van der Waals surface area contributed by atoms with Gasteiger partial charge in [-0.25, -0.2) is 4.39 Å². The van der Waals surface area contributed by atoms with Crippen molar-refractivity contribution in [3.63, 3.8) is 0 Å². The Hall–Kier alpha value is -2.31. The second-order valence-corrected chi connectivity index (χ2v) is 6.85. The molecule has 3 aromatic rings. The molecule has 3 nitrogen and oxygen atoms in total. The van der Waals surface area contributed by atoms with E-state index in [4.69, 9.17) is 12.2 Å². The van der Waals surface area contributed by atoms with E-state index in [1.165, 1.54) is 17.0 Å². The van der Waals surface area contributed by atoms with Gasteiger partial charge in [0.25, 0.3) is 0 Å². The van der Waals surface area contributed by atoms with Crippen LogP contribution in [0.15, 0.2) is 66.2 Å². The molecule has 24 heavy (non-hydrogen) atoms. The molecule has 1 N–H and O–H groups in total. The highest BCUT2D eigenvalue weighted by molar-refractivity contribution is 7.80. The van der Waals surface area contributed by atoms with Crippen LogP contribution in [0.4, 0.5) is 10.1 Å². The molecule has 2 atom stereocenters. The molecule has 1 aliphatic rings. The third-order valence-corrected chi connectivity index (χ3v) is 5.30. The molecule has 1 saturated heterocycles. The van der Waals surface area contributed by atoms with Crippen molar-refractivity contribution in [3.05, 3.63) is 82.6 Å². The van der Waals surface area contributed by atoms with Gasteiger partial charge in [-0.15, -0.1) is 11.3 Å². The van der Waals surface area contributed by atoms with Crippen LogP contribution in [-0.2, 0) is 0 Å². The van der Waals surface area contributed by atoms with E-state index in [1.807, 2.05) is 29.2 Å². The van der Waals surface area contributed by atoms with Crippen LogP contribution < -0.4 is 10.2 Å². The van der Waals surface area contributed by atoms with E-state index >= 15 is 0 Å². The van der Waals surface area contributed by atoms with Gasteiger partial charge in [-0.05, 0) is 60.1 Å². The standard InChI is InChI=1S/C18H14FN3S2/c19-12-6-8-13(9-7-12)22-17(15-5-3-11-24-15)16(21-18(22)23)14-4-1-2-10-20-14/h1-11,16-17H,(H,21,23)/t16-,17-/m1/s1. The number of thiocarbonyl (C=S) groups is 1. The van der Waals surface area contributed by atoms with Gasteiger partial charge < -0.3 is 10.2 Å². The summed E-state index contributed by atoms with van der Waals surface area (Å²) in [5.74, 6) is -0.259. The number of hydrogen-bond acceptors (Lipinski definition) is 3. The zero-order chi connectivity index (χ0) is 16.5. The van der Waals surface area contributed by atoms with Gasteiger partial charge in [0.1, 0.15) is 5.82 Å². The van der Waals surface area contributed by atoms with Crippen LogP contribution in [-0.4, -0.2) is 10.1 Å². The van der Waals surface area contributed by atoms with Crippen LogP contribution in [0.3, 0.4) is 0 Å². The Kier molecular flexibility index (Phi) is 4.00. The van der Waals surface area contributed by atoms with E-state index < -0.39 is 0 Å². The number of rotatable bonds is 3. The van der Waals surface area contributed by atoms with Crippen LogP contribution in [0.25, 0.3) is 0 Å². The molecule has 6 heteroatoms. The maximum atomic E-state index is 13.3. The average molecular weight is 355 g/mol. The molecule has 1 fully saturated rings. The number of thiophene rings is 1. The molecule has 0 radical (unpaired) electrons. The molecule has 0 unspecified atom stereocenters. The largest absolute Gasteiger partial charge is 0.351 e. The molecule has 3 heterocycles. The Bertz CT molecular complexity index is 834. The SMILES string of the molecule is Fc1ccc(N2C(=S)N[C@H](c3ccccn3)[C@H]2c2cccs2)cc1. The smallest absolute Gasteiger partial charge is 0.174 e. The fourth-order valence-corrected chi connectivity index (χ4v) is 4.18. The van der Waals surface area contributed by atoms with Crippen molar-refractivity contribution in [1.82, 2.24) is 10.3 Å². The summed E-state index contributed by atoms with van der Waals surface area (Å²) in [6.07, 6.45) is 1.78. The van der Waals surface area contributed by atoms with E-state index in [9.17, 15) is 4.39 Å². The van der Waals surface area contributed by atoms with Crippen LogP contribution in [0, 0.1) is 5.82 Å². The summed E-state index contributed by atoms with van der Waals surface area (Å²) in [6, 6.07) is 16.3. The number of nitrogens with one attached hydrogen (secondary N) is 1. The lowest BCUT2D eigenvalue weighted by Crippen LogP contribution is -2.29. The third-order valence-electron chi connectivity index (χ3n) is 4.04. The van der Waals surface area contributed by atoms with Crippen molar-refractivity contribution in [3.8, 4) is 0 Å². The number of anilines is 1. The molecule has 120 valence electrons. The van der Waals surface area contributed by atoms with Crippen molar-refractivity contribution in [1.29, 1.82) is 0 Å². The van der Waals surface area contributed by atoms with Gasteiger partial charge in [-0.1, -0.05) is 12.1 Å². The average Bonchev–Trinajstić information content (AvgIpc) is 3.24. The van der Waals surface area contributed by atoms with Gasteiger partial charge in [0.15, 0.2) is 5.11 Å². The van der Waals surface area contributed by atoms with Crippen LogP contribution in [0.5, 0.6) is 0 Å². The highest BCUT2D eigenvalue weighted by Crippen LogP contribution is 2.42. The minimum absolute atomic E-state index is 0.0159. The lowest BCUT2D eigenvalue weighted by molar-refractivity contribution is 0.575. The van der Waals surface area contributed by atoms with E-state index in [-0.39, 0.29) is 17.9 Å². The summed E-state index contributed by atoms with van der Waals surface area (Å²) in [5.41, 5.74) is 1.80. The fraction of sp³-hybridized carbons (Fsp3) is 0.111. The zero-order valence-electron chi connectivity index (χ0n) is 12.6. The number of aromatic nitrogens is 1. The van der Waals surface area contributed by atoms with Crippen molar-refractivity contribution >= 4 is 34.4 Å². The first-order chi connectivity index (χ1) is 11.7. The molecule has 0 saturated carbocycles. The molecule has 4 rings (SSSR count). The van der Waals surface area contributed by atoms with Crippen LogP contribution in [0.2, 0.25) is 0 Å². The fourth-order valence-electron chi connectivity index (χ4n) is 2.98. The van der Waals surface area contributed by atoms with Crippen LogP contribution in [0.1, 0.15) is 22.7 Å². The first kappa shape index (κ1) is 15.2. The number of hydrogen-bond donors (Lipinski definition) is 1. The van der Waals surface area contributed by atoms with Gasteiger partial charge in [-0.3, -0.25) is 4.98 Å². The lowest BCUT2D eigenvalue weighted by Gasteiger charge is -2.26. The number of nitrogens with zero attached hydrogens (tertiary/aromatic N) is 2. The van der Waals surface area contributed by atoms with E-state index in [0.717, 1.165) is 11.4 Å². The summed E-state index contributed by atoms with van der Waals surface area (Å²) in [4.78, 5) is 7.72. The molecular weight excluding hydrogens is 341 g/mol. The Morgan fingerprint density at radius 3 is 2.58 bits per heavy atom. The maximum Gasteiger partial charge on any atom is 0.174 e. The molecular formula is C18H14FN3S2. The van der Waals surface area contributed by atoms with E-state index in [2.05, 4.69) is 21.7 Å². The van der Waals surface area contributed by atoms with Gasteiger partial charge in [0.2, 0.25) is 0 Å². The molecule has 0 aliphatic carbocycles. The number of pyridine rings is 1. The number of benzene rings is 1. The Morgan fingerprint density at radius 2 is 1.92 bits per heavy atom. The monoisotopic (exact) mass is 355 g/mol. The summed E-state index contributed by atoms with van der Waals surface area (Å²) >= 11 is 7.26. The minimum atomic E-state index is -0.259. The summed E-state index contributed by atoms with van der Waals surface area (Å²) in [6.45, 7) is 0. The maximum absolute atomic E-state index is 13.3.